The monoisotopic (exact) mass is 455 g/mol. The van der Waals surface area contributed by atoms with Crippen molar-refractivity contribution in [3.05, 3.63) is 29.8 Å². The van der Waals surface area contributed by atoms with Crippen molar-refractivity contribution in [2.24, 2.45) is 0 Å². The molecule has 0 unspecified atom stereocenters. The van der Waals surface area contributed by atoms with Gasteiger partial charge in [0, 0.05) is 25.9 Å². The Kier molecular flexibility index (Phi) is 7.65. The lowest BCUT2D eigenvalue weighted by Crippen LogP contribution is -2.50. The Morgan fingerprint density at radius 2 is 1.97 bits per heavy atom. The molecule has 0 aromatic heterocycles. The van der Waals surface area contributed by atoms with E-state index in [1.54, 1.807) is 12.1 Å². The van der Waals surface area contributed by atoms with E-state index in [2.05, 4.69) is 5.32 Å². The molecule has 1 N–H and O–H groups in total. The second-order valence-corrected chi connectivity index (χ2v) is 11.0. The minimum Gasteiger partial charge on any atom is -0.459 e. The molecule has 1 saturated heterocycles. The van der Waals surface area contributed by atoms with Crippen LogP contribution in [0.15, 0.2) is 29.2 Å². The second-order valence-electron chi connectivity index (χ2n) is 7.81. The highest BCUT2D eigenvalue weighted by atomic mass is 32.2. The van der Waals surface area contributed by atoms with Gasteiger partial charge in [0.05, 0.1) is 10.8 Å². The van der Waals surface area contributed by atoms with Gasteiger partial charge in [-0.1, -0.05) is 31.4 Å². The van der Waals surface area contributed by atoms with Gasteiger partial charge >= 0.3 is 12.0 Å². The number of hydrogen-bond donors (Lipinski definition) is 1. The summed E-state index contributed by atoms with van der Waals surface area (Å²) in [5, 5.41) is 3.05. The normalized spacial score (nSPS) is 20.4. The Bertz CT molecular complexity index is 869. The summed E-state index contributed by atoms with van der Waals surface area (Å²) in [6.07, 6.45) is 5.40. The van der Waals surface area contributed by atoms with Gasteiger partial charge in [0.15, 0.2) is 0 Å². The predicted molar refractivity (Wildman–Crippen MR) is 115 cm³/mol. The number of rotatable bonds is 6. The quantitative estimate of drug-likeness (QED) is 0.662. The molecule has 2 fully saturated rings. The molecule has 166 valence electrons. The molecule has 10 heteroatoms. The third-order valence-corrected chi connectivity index (χ3v) is 8.23. The van der Waals surface area contributed by atoms with E-state index >= 15 is 0 Å². The molecule has 2 aliphatic rings. The van der Waals surface area contributed by atoms with Gasteiger partial charge in [-0.3, -0.25) is 0 Å². The smallest absolute Gasteiger partial charge is 0.330 e. The van der Waals surface area contributed by atoms with Crippen LogP contribution in [-0.2, 0) is 26.2 Å². The number of sulfonamides is 1. The molecule has 1 atom stereocenters. The van der Waals surface area contributed by atoms with Crippen LogP contribution in [0.25, 0.3) is 0 Å². The van der Waals surface area contributed by atoms with Gasteiger partial charge in [0.25, 0.3) is 0 Å². The first-order chi connectivity index (χ1) is 14.3. The molecule has 1 heterocycles. The first-order valence-corrected chi connectivity index (χ1v) is 12.7. The fourth-order valence-corrected chi connectivity index (χ4v) is 5.71. The zero-order valence-corrected chi connectivity index (χ0v) is 19.0. The molecular weight excluding hydrogens is 426 g/mol. The summed E-state index contributed by atoms with van der Waals surface area (Å²) in [6.45, 7) is -0.0468. The maximum Gasteiger partial charge on any atom is 0.330 e. The van der Waals surface area contributed by atoms with Crippen LogP contribution in [0.3, 0.4) is 0 Å². The molecule has 0 radical (unpaired) electrons. The third-order valence-electron chi connectivity index (χ3n) is 5.41. The summed E-state index contributed by atoms with van der Waals surface area (Å²) in [7, 11) is -0.629. The lowest BCUT2D eigenvalue weighted by Gasteiger charge is -2.28. The van der Waals surface area contributed by atoms with Gasteiger partial charge in [-0.15, -0.1) is 11.8 Å². The Morgan fingerprint density at radius 1 is 1.23 bits per heavy atom. The number of amides is 2. The molecule has 1 aromatic carbocycles. The Labute approximate surface area is 182 Å². The van der Waals surface area contributed by atoms with Crippen molar-refractivity contribution in [2.75, 3.05) is 25.7 Å². The first kappa shape index (κ1) is 22.9. The van der Waals surface area contributed by atoms with Crippen LogP contribution in [0.4, 0.5) is 4.79 Å². The highest BCUT2D eigenvalue weighted by Gasteiger charge is 2.36. The van der Waals surface area contributed by atoms with Crippen molar-refractivity contribution in [3.8, 4) is 0 Å². The van der Waals surface area contributed by atoms with Gasteiger partial charge in [0.2, 0.25) is 10.0 Å². The number of nitrogens with one attached hydrogen (secondary N) is 1. The van der Waals surface area contributed by atoms with Crippen molar-refractivity contribution in [2.45, 2.75) is 55.7 Å². The molecule has 3 rings (SSSR count). The minimum absolute atomic E-state index is 0.0468. The zero-order valence-electron chi connectivity index (χ0n) is 17.4. The van der Waals surface area contributed by atoms with E-state index in [1.165, 1.54) is 49.3 Å². The van der Waals surface area contributed by atoms with E-state index in [9.17, 15) is 18.0 Å². The Balaban J connectivity index is 1.58. The van der Waals surface area contributed by atoms with Crippen LogP contribution in [0.2, 0.25) is 0 Å². The van der Waals surface area contributed by atoms with Gasteiger partial charge in [0.1, 0.15) is 12.6 Å². The summed E-state index contributed by atoms with van der Waals surface area (Å²) in [5.74, 6) is 0.473. The van der Waals surface area contributed by atoms with Crippen molar-refractivity contribution >= 4 is 33.8 Å². The summed E-state index contributed by atoms with van der Waals surface area (Å²) in [6, 6.07) is 5.66. The zero-order chi connectivity index (χ0) is 21.7. The highest BCUT2D eigenvalue weighted by Crippen LogP contribution is 2.24. The number of ether oxygens (including phenoxy) is 1. The summed E-state index contributed by atoms with van der Waals surface area (Å²) < 4.78 is 31.1. The Morgan fingerprint density at radius 3 is 2.67 bits per heavy atom. The molecule has 1 aromatic rings. The number of carbonyl (C=O) groups excluding carboxylic acids is 2. The highest BCUT2D eigenvalue weighted by molar-refractivity contribution is 7.99. The van der Waals surface area contributed by atoms with E-state index < -0.39 is 22.0 Å². The van der Waals surface area contributed by atoms with Crippen molar-refractivity contribution in [1.29, 1.82) is 0 Å². The SMILES string of the molecule is CN(C)S(=O)(=O)c1cccc(COC(=O)[C@@H]2CSCN2C(=O)NC2CCCCC2)c1. The lowest BCUT2D eigenvalue weighted by atomic mass is 9.96. The van der Waals surface area contributed by atoms with E-state index in [1.807, 2.05) is 0 Å². The van der Waals surface area contributed by atoms with Gasteiger partial charge < -0.3 is 15.0 Å². The maximum atomic E-state index is 12.6. The topological polar surface area (TPSA) is 96.0 Å². The molecular formula is C20H29N3O5S2. The number of benzene rings is 1. The number of carbonyl (C=O) groups is 2. The lowest BCUT2D eigenvalue weighted by molar-refractivity contribution is -0.148. The third kappa shape index (κ3) is 5.47. The van der Waals surface area contributed by atoms with Crippen LogP contribution in [0.1, 0.15) is 37.7 Å². The average Bonchev–Trinajstić information content (AvgIpc) is 3.23. The van der Waals surface area contributed by atoms with Crippen molar-refractivity contribution in [1.82, 2.24) is 14.5 Å². The van der Waals surface area contributed by atoms with Gasteiger partial charge in [-0.05, 0) is 30.5 Å². The average molecular weight is 456 g/mol. The summed E-state index contributed by atoms with van der Waals surface area (Å²) >= 11 is 1.52. The molecule has 2 amide bonds. The number of hydrogen-bond acceptors (Lipinski definition) is 6. The first-order valence-electron chi connectivity index (χ1n) is 10.1. The van der Waals surface area contributed by atoms with Crippen LogP contribution in [0, 0.1) is 0 Å². The fraction of sp³-hybridized carbons (Fsp3) is 0.600. The summed E-state index contributed by atoms with van der Waals surface area (Å²) in [4.78, 5) is 27.0. The van der Waals surface area contributed by atoms with E-state index in [0.29, 0.717) is 17.2 Å². The molecule has 1 saturated carbocycles. The second kappa shape index (κ2) is 10.0. The van der Waals surface area contributed by atoms with Crippen LogP contribution >= 0.6 is 11.8 Å². The number of esters is 1. The fourth-order valence-electron chi connectivity index (χ4n) is 3.60. The van der Waals surface area contributed by atoms with E-state index in [4.69, 9.17) is 4.74 Å². The molecule has 1 aliphatic heterocycles. The van der Waals surface area contributed by atoms with E-state index in [-0.39, 0.29) is 23.6 Å². The molecule has 8 nitrogen and oxygen atoms in total. The minimum atomic E-state index is -3.56. The molecule has 30 heavy (non-hydrogen) atoms. The molecule has 1 aliphatic carbocycles. The van der Waals surface area contributed by atoms with Crippen LogP contribution < -0.4 is 5.32 Å². The van der Waals surface area contributed by atoms with E-state index in [0.717, 1.165) is 30.0 Å². The van der Waals surface area contributed by atoms with Gasteiger partial charge in [-0.25, -0.2) is 22.3 Å². The maximum absolute atomic E-state index is 12.6. The number of nitrogens with zero attached hydrogens (tertiary/aromatic N) is 2. The van der Waals surface area contributed by atoms with Crippen LogP contribution in [-0.4, -0.2) is 67.4 Å². The van der Waals surface area contributed by atoms with Crippen molar-refractivity contribution < 1.29 is 22.7 Å². The standard InChI is InChI=1S/C20H29N3O5S2/c1-22(2)30(26,27)17-10-6-7-15(11-17)12-28-19(24)18-13-29-14-23(18)20(25)21-16-8-4-3-5-9-16/h6-7,10-11,16,18H,3-5,8-9,12-14H2,1-2H3,(H,21,25)/t18-/m0/s1. The molecule has 0 spiro atoms. The van der Waals surface area contributed by atoms with Crippen LogP contribution in [0.5, 0.6) is 0 Å². The summed E-state index contributed by atoms with van der Waals surface area (Å²) in [5.41, 5.74) is 0.579. The Hall–Kier alpha value is -1.78. The largest absolute Gasteiger partial charge is 0.459 e. The molecule has 0 bridgehead atoms. The van der Waals surface area contributed by atoms with Gasteiger partial charge in [-0.2, -0.15) is 0 Å². The van der Waals surface area contributed by atoms with Crippen molar-refractivity contribution in [3.63, 3.8) is 0 Å². The predicted octanol–water partition coefficient (Wildman–Crippen LogP) is 2.40. The number of thioether (sulfide) groups is 1. The number of urea groups is 1.